The van der Waals surface area contributed by atoms with Crippen LogP contribution in [0.25, 0.3) is 0 Å². The van der Waals surface area contributed by atoms with Crippen LogP contribution in [0.3, 0.4) is 0 Å². The second kappa shape index (κ2) is 21.9. The van der Waals surface area contributed by atoms with Crippen LogP contribution >= 0.6 is 0 Å². The van der Waals surface area contributed by atoms with Crippen molar-refractivity contribution in [1.82, 2.24) is 9.80 Å². The molecule has 3 N–H and O–H groups in total. The highest BCUT2D eigenvalue weighted by molar-refractivity contribution is 5.85. The van der Waals surface area contributed by atoms with E-state index in [-0.39, 0.29) is 37.2 Å². The topological polar surface area (TPSA) is 204 Å². The zero-order valence-electron chi connectivity index (χ0n) is 40.8. The molecule has 0 aromatic rings. The maximum Gasteiger partial charge on any atom is 0.410 e. The average molecular weight is 900 g/mol. The van der Waals surface area contributed by atoms with Crippen LogP contribution in [0.5, 0.6) is 0 Å². The smallest absolute Gasteiger partial charge is 0.410 e. The third-order valence-corrected chi connectivity index (χ3v) is 14.5. The van der Waals surface area contributed by atoms with Crippen LogP contribution in [-0.4, -0.2) is 164 Å². The van der Waals surface area contributed by atoms with Crippen LogP contribution in [0.2, 0.25) is 0 Å². The lowest BCUT2D eigenvalue weighted by Crippen LogP contribution is -2.62. The first-order chi connectivity index (χ1) is 29.4. The zero-order chi connectivity index (χ0) is 47.4. The molecule has 0 spiro atoms. The van der Waals surface area contributed by atoms with Gasteiger partial charge in [0.05, 0.1) is 42.0 Å². The molecule has 364 valence electrons. The Morgan fingerprint density at radius 3 is 2.11 bits per heavy atom. The van der Waals surface area contributed by atoms with Gasteiger partial charge >= 0.3 is 18.0 Å². The third kappa shape index (κ3) is 11.6. The van der Waals surface area contributed by atoms with Crippen molar-refractivity contribution >= 4 is 23.8 Å². The first kappa shape index (κ1) is 53.1. The Kier molecular flexibility index (Phi) is 18.5. The highest BCUT2D eigenvalue weighted by Gasteiger charge is 2.61. The van der Waals surface area contributed by atoms with Crippen molar-refractivity contribution in [2.45, 2.75) is 205 Å². The number of carbonyl (C=O) groups is 4. The van der Waals surface area contributed by atoms with Crippen LogP contribution < -0.4 is 5.73 Å². The number of Topliss-reactive ketones (excluding diaryl/α,β-unsaturated/α-hetero) is 1. The number of cyclic esters (lactones) is 1. The van der Waals surface area contributed by atoms with Crippen molar-refractivity contribution in [3.8, 4) is 0 Å². The minimum Gasteiger partial charge on any atom is -0.458 e. The molecule has 1 amide bonds. The van der Waals surface area contributed by atoms with Gasteiger partial charge in [0.1, 0.15) is 23.6 Å². The van der Waals surface area contributed by atoms with E-state index in [4.69, 9.17) is 48.4 Å². The molecule has 4 aliphatic rings. The van der Waals surface area contributed by atoms with Crippen molar-refractivity contribution in [3.05, 3.63) is 0 Å². The Balaban J connectivity index is 1.89. The van der Waals surface area contributed by atoms with Gasteiger partial charge in [-0.3, -0.25) is 14.4 Å². The Morgan fingerprint density at radius 1 is 0.905 bits per heavy atom. The number of unbranched alkanes of at least 4 members (excludes halogenated alkanes) is 2. The molecule has 0 radical (unpaired) electrons. The predicted molar refractivity (Wildman–Crippen MR) is 232 cm³/mol. The number of nitrogens with two attached hydrogens (primary N) is 1. The fourth-order valence-electron chi connectivity index (χ4n) is 10.9. The van der Waals surface area contributed by atoms with E-state index < -0.39 is 114 Å². The van der Waals surface area contributed by atoms with Crippen LogP contribution in [0.1, 0.15) is 121 Å². The molecule has 4 fully saturated rings. The number of ketones is 1. The molecule has 17 heteroatoms. The number of aliphatic hydroxyl groups excluding tert-OH is 1. The number of aliphatic hydroxyl groups is 1. The molecule has 18 atom stereocenters. The molecule has 63 heavy (non-hydrogen) atoms. The first-order valence-electron chi connectivity index (χ1n) is 23.1. The number of rotatable bonds is 14. The van der Waals surface area contributed by atoms with Crippen molar-refractivity contribution < 1.29 is 66.9 Å². The van der Waals surface area contributed by atoms with Crippen molar-refractivity contribution in [2.24, 2.45) is 29.4 Å². The lowest BCUT2D eigenvalue weighted by atomic mass is 9.73. The summed E-state index contributed by atoms with van der Waals surface area (Å²) in [4.78, 5) is 59.4. The third-order valence-electron chi connectivity index (χ3n) is 14.5. The summed E-state index contributed by atoms with van der Waals surface area (Å²) in [5, 5.41) is 11.8. The second-order valence-electron chi connectivity index (χ2n) is 19.6. The van der Waals surface area contributed by atoms with E-state index in [0.29, 0.717) is 25.9 Å². The quantitative estimate of drug-likeness (QED) is 0.139. The van der Waals surface area contributed by atoms with Gasteiger partial charge in [0.25, 0.3) is 0 Å². The predicted octanol–water partition coefficient (Wildman–Crippen LogP) is 4.61. The fraction of sp³-hybridized carbons (Fsp3) is 0.913. The summed E-state index contributed by atoms with van der Waals surface area (Å²) in [7, 11) is 6.86. The normalized spacial score (nSPS) is 43.2. The molecule has 4 heterocycles. The summed E-state index contributed by atoms with van der Waals surface area (Å²) in [6.45, 7) is 20.4. The van der Waals surface area contributed by atoms with Crippen molar-refractivity contribution in [1.29, 1.82) is 0 Å². The maximum absolute atomic E-state index is 14.9. The largest absolute Gasteiger partial charge is 0.458 e. The molecule has 0 aromatic heterocycles. The van der Waals surface area contributed by atoms with Gasteiger partial charge in [-0.05, 0) is 94.3 Å². The first-order valence-corrected chi connectivity index (χ1v) is 23.1. The minimum absolute atomic E-state index is 0.119. The molecule has 0 bridgehead atoms. The number of nitrogens with zero attached hydrogens (tertiary/aromatic N) is 2. The summed E-state index contributed by atoms with van der Waals surface area (Å²) < 4.78 is 57.5. The SMILES string of the molecule is CC[C@H]1OC(=O)[C@H](C)[C@@H](O[C@H]2C[C@@](C)(OC)[C@@H](OC(C)=O)[C@H](C)O2)[C@H](C)[C@@H](O[C@@H]2O[C@H](C)C[C@H](N(C)C)[C@H]2O)[C@](C)(OC)C[C@@H](C)C(=O)[C@H](C)[C@@H]2N(CCCCCN)C(=O)O[C@@]21C. The van der Waals surface area contributed by atoms with Crippen LogP contribution in [-0.2, 0) is 57.0 Å². The van der Waals surface area contributed by atoms with Gasteiger partial charge in [0, 0.05) is 57.9 Å². The molecular formula is C46H81N3O14. The summed E-state index contributed by atoms with van der Waals surface area (Å²) >= 11 is 0. The number of likely N-dealkylation sites (N-methyl/N-ethyl adjacent to an activating group) is 1. The lowest BCUT2D eigenvalue weighted by Gasteiger charge is -2.50. The average Bonchev–Trinajstić information content (AvgIpc) is 3.48. The van der Waals surface area contributed by atoms with Gasteiger partial charge in [-0.2, -0.15) is 0 Å². The van der Waals surface area contributed by atoms with E-state index in [0.717, 1.165) is 12.8 Å². The number of ether oxygens (including phenoxy) is 9. The summed E-state index contributed by atoms with van der Waals surface area (Å²) in [6, 6.07) is -1.07. The van der Waals surface area contributed by atoms with Crippen LogP contribution in [0.4, 0.5) is 4.79 Å². The molecule has 4 aliphatic heterocycles. The van der Waals surface area contributed by atoms with Crippen LogP contribution in [0, 0.1) is 23.7 Å². The highest BCUT2D eigenvalue weighted by atomic mass is 16.7. The Morgan fingerprint density at radius 2 is 1.54 bits per heavy atom. The Labute approximate surface area is 375 Å². The second-order valence-corrected chi connectivity index (χ2v) is 19.6. The molecule has 0 saturated carbocycles. The molecule has 0 unspecified atom stereocenters. The molecular weight excluding hydrogens is 819 g/mol. The molecule has 4 rings (SSSR count). The van der Waals surface area contributed by atoms with Crippen LogP contribution in [0.15, 0.2) is 0 Å². The van der Waals surface area contributed by atoms with Gasteiger partial charge in [-0.15, -0.1) is 0 Å². The highest BCUT2D eigenvalue weighted by Crippen LogP contribution is 2.45. The number of methoxy groups -OCH3 is 2. The number of hydrogen-bond donors (Lipinski definition) is 2. The number of amides is 1. The molecule has 17 nitrogen and oxygen atoms in total. The van der Waals surface area contributed by atoms with Gasteiger partial charge in [-0.25, -0.2) is 4.79 Å². The summed E-state index contributed by atoms with van der Waals surface area (Å²) in [6.07, 6.45) is -5.09. The monoisotopic (exact) mass is 900 g/mol. The maximum atomic E-state index is 14.9. The number of fused-ring (bicyclic) bond motifs is 1. The van der Waals surface area contributed by atoms with Gasteiger partial charge in [-0.1, -0.05) is 34.1 Å². The van der Waals surface area contributed by atoms with Crippen molar-refractivity contribution in [2.75, 3.05) is 41.4 Å². The summed E-state index contributed by atoms with van der Waals surface area (Å²) in [5.41, 5.74) is 2.09. The molecule has 0 aromatic carbocycles. The zero-order valence-corrected chi connectivity index (χ0v) is 40.8. The minimum atomic E-state index is -1.39. The molecule has 0 aliphatic carbocycles. The number of carbonyl (C=O) groups excluding carboxylic acids is 4. The Bertz CT molecular complexity index is 1550. The van der Waals surface area contributed by atoms with E-state index in [1.54, 1.807) is 32.8 Å². The molecule has 4 saturated heterocycles. The van der Waals surface area contributed by atoms with Gasteiger partial charge < -0.3 is 63.3 Å². The number of hydrogen-bond acceptors (Lipinski definition) is 16. The number of esters is 2. The van der Waals surface area contributed by atoms with E-state index in [2.05, 4.69) is 0 Å². The summed E-state index contributed by atoms with van der Waals surface area (Å²) in [5.74, 6) is -4.38. The lowest BCUT2D eigenvalue weighted by molar-refractivity contribution is -0.320. The van der Waals surface area contributed by atoms with E-state index in [9.17, 15) is 24.3 Å². The van der Waals surface area contributed by atoms with E-state index in [1.807, 2.05) is 67.5 Å². The van der Waals surface area contributed by atoms with Gasteiger partial charge in [0.15, 0.2) is 24.3 Å². The fourth-order valence-corrected chi connectivity index (χ4v) is 10.9. The van der Waals surface area contributed by atoms with E-state index in [1.165, 1.54) is 14.0 Å². The van der Waals surface area contributed by atoms with E-state index >= 15 is 0 Å². The van der Waals surface area contributed by atoms with Crippen molar-refractivity contribution in [3.63, 3.8) is 0 Å². The van der Waals surface area contributed by atoms with Gasteiger partial charge in [0.2, 0.25) is 0 Å². The standard InChI is InChI=1S/C46H81N3O14/c1-16-33-46(11)38(49(43(54)63-46)21-19-17-18-20-47)27(4)35(51)25(2)23-44(9,55-14)39(62-42-36(52)32(48(12)13)22-26(3)57-42)28(5)37(29(6)41(53)60-33)61-34-24-45(10,56-15)40(30(7)58-34)59-31(8)50/h25-30,32-34,36-40,42,52H,16-24,47H2,1-15H3/t25-,26-,27+,28+,29-,30+,32+,33-,34+,36-,37+,38+,39-,40+,42+,44-,45-,46-/m1/s1. The Hall–Kier alpha value is -2.48.